The molecule has 1 fully saturated rings. The Hall–Kier alpha value is -3.73. The summed E-state index contributed by atoms with van der Waals surface area (Å²) < 4.78 is 6.99. The standard InChI is InChI=1S/C20H25N9O2/c1-12(30)13-5-7-14(8-6-13)26-20-27-19(21)29(28-20)18-16(31-2)17(23-11-24-18)25-15-4-3-9-22-10-15/h5-8,11,15,22H,3-4,9-10H2,1-2H3,(H,23,24,25)(H3,21,26,27,28)/t15-/m1/s1. The zero-order valence-corrected chi connectivity index (χ0v) is 17.4. The van der Waals surface area contributed by atoms with E-state index in [0.29, 0.717) is 28.9 Å². The third-order valence-electron chi connectivity index (χ3n) is 5.01. The van der Waals surface area contributed by atoms with Crippen molar-refractivity contribution in [2.24, 2.45) is 0 Å². The second kappa shape index (κ2) is 8.96. The number of nitrogen functional groups attached to an aromatic ring is 1. The molecule has 11 heteroatoms. The number of ketones is 1. The maximum atomic E-state index is 11.4. The number of rotatable bonds is 7. The number of benzene rings is 1. The number of anilines is 4. The molecule has 1 aromatic carbocycles. The molecule has 4 rings (SSSR count). The van der Waals surface area contributed by atoms with Crippen LogP contribution in [0.3, 0.4) is 0 Å². The van der Waals surface area contributed by atoms with Crippen molar-refractivity contribution in [3.63, 3.8) is 0 Å². The maximum absolute atomic E-state index is 11.4. The van der Waals surface area contributed by atoms with E-state index in [-0.39, 0.29) is 17.8 Å². The average molecular weight is 423 g/mol. The number of nitrogens with two attached hydrogens (primary N) is 1. The van der Waals surface area contributed by atoms with Gasteiger partial charge in [-0.05, 0) is 50.6 Å². The number of ether oxygens (including phenoxy) is 1. The highest BCUT2D eigenvalue weighted by molar-refractivity contribution is 5.94. The summed E-state index contributed by atoms with van der Waals surface area (Å²) in [5.41, 5.74) is 7.46. The highest BCUT2D eigenvalue weighted by Crippen LogP contribution is 2.30. The molecule has 0 amide bonds. The Morgan fingerprint density at radius 1 is 1.29 bits per heavy atom. The molecule has 0 saturated carbocycles. The molecule has 1 saturated heterocycles. The average Bonchev–Trinajstić information content (AvgIpc) is 3.14. The van der Waals surface area contributed by atoms with Gasteiger partial charge in [-0.3, -0.25) is 4.79 Å². The zero-order chi connectivity index (χ0) is 21.8. The molecule has 1 aliphatic rings. The van der Waals surface area contributed by atoms with Crippen LogP contribution < -0.4 is 26.4 Å². The summed E-state index contributed by atoms with van der Waals surface area (Å²) in [5.74, 6) is 1.83. The zero-order valence-electron chi connectivity index (χ0n) is 17.4. The number of hydrogen-bond acceptors (Lipinski definition) is 10. The van der Waals surface area contributed by atoms with Gasteiger partial charge in [0.1, 0.15) is 6.33 Å². The lowest BCUT2D eigenvalue weighted by molar-refractivity contribution is 0.101. The molecule has 2 aromatic heterocycles. The van der Waals surface area contributed by atoms with Crippen molar-refractivity contribution in [1.29, 1.82) is 0 Å². The van der Waals surface area contributed by atoms with Crippen molar-refractivity contribution in [3.8, 4) is 11.6 Å². The first-order valence-corrected chi connectivity index (χ1v) is 10.0. The summed E-state index contributed by atoms with van der Waals surface area (Å²) in [7, 11) is 1.55. The van der Waals surface area contributed by atoms with Crippen molar-refractivity contribution < 1.29 is 9.53 Å². The lowest BCUT2D eigenvalue weighted by Gasteiger charge is -2.25. The minimum atomic E-state index is 0.00229. The van der Waals surface area contributed by atoms with Gasteiger partial charge in [0, 0.05) is 23.8 Å². The van der Waals surface area contributed by atoms with Gasteiger partial charge in [0.25, 0.3) is 0 Å². The molecule has 1 atom stereocenters. The third kappa shape index (κ3) is 4.56. The van der Waals surface area contributed by atoms with Gasteiger partial charge in [-0.25, -0.2) is 9.97 Å². The second-order valence-corrected chi connectivity index (χ2v) is 7.23. The van der Waals surface area contributed by atoms with Crippen LogP contribution in [0.15, 0.2) is 30.6 Å². The Balaban J connectivity index is 1.58. The third-order valence-corrected chi connectivity index (χ3v) is 5.01. The summed E-state index contributed by atoms with van der Waals surface area (Å²) in [5, 5.41) is 14.3. The summed E-state index contributed by atoms with van der Waals surface area (Å²) in [6.07, 6.45) is 3.57. The summed E-state index contributed by atoms with van der Waals surface area (Å²) >= 11 is 0. The Bertz CT molecular complexity index is 1060. The van der Waals surface area contributed by atoms with Gasteiger partial charge >= 0.3 is 0 Å². The first-order chi connectivity index (χ1) is 15.0. The summed E-state index contributed by atoms with van der Waals surface area (Å²) in [4.78, 5) is 24.3. The number of carbonyl (C=O) groups is 1. The molecule has 31 heavy (non-hydrogen) atoms. The van der Waals surface area contributed by atoms with Gasteiger partial charge in [0.15, 0.2) is 11.6 Å². The minimum Gasteiger partial charge on any atom is -0.490 e. The van der Waals surface area contributed by atoms with Crippen molar-refractivity contribution >= 4 is 29.2 Å². The van der Waals surface area contributed by atoms with Gasteiger partial charge in [0.05, 0.1) is 7.11 Å². The predicted octanol–water partition coefficient (Wildman–Crippen LogP) is 1.76. The first-order valence-electron chi connectivity index (χ1n) is 10.0. The molecule has 162 valence electrons. The van der Waals surface area contributed by atoms with Crippen LogP contribution in [0.2, 0.25) is 0 Å². The number of methoxy groups -OCH3 is 1. The van der Waals surface area contributed by atoms with Crippen molar-refractivity contribution in [2.45, 2.75) is 25.8 Å². The van der Waals surface area contributed by atoms with E-state index in [2.05, 4.69) is 36.0 Å². The molecule has 3 heterocycles. The number of hydrogen-bond donors (Lipinski definition) is 4. The SMILES string of the molecule is COc1c(N[C@@H]2CCCNC2)ncnc1-n1nc(Nc2ccc(C(C)=O)cc2)nc1N. The number of carbonyl (C=O) groups excluding carboxylic acids is 1. The number of piperidine rings is 1. The molecule has 0 unspecified atom stereocenters. The molecule has 0 aliphatic carbocycles. The van der Waals surface area contributed by atoms with Crippen LogP contribution in [0.4, 0.5) is 23.4 Å². The topological polar surface area (TPSA) is 145 Å². The molecule has 5 N–H and O–H groups in total. The molecule has 0 radical (unpaired) electrons. The van der Waals surface area contributed by atoms with Crippen LogP contribution >= 0.6 is 0 Å². The Morgan fingerprint density at radius 2 is 2.10 bits per heavy atom. The fourth-order valence-corrected chi connectivity index (χ4v) is 3.42. The van der Waals surface area contributed by atoms with E-state index < -0.39 is 0 Å². The van der Waals surface area contributed by atoms with E-state index in [9.17, 15) is 4.79 Å². The van der Waals surface area contributed by atoms with Gasteiger partial charge < -0.3 is 26.4 Å². The smallest absolute Gasteiger partial charge is 0.248 e. The van der Waals surface area contributed by atoms with E-state index in [1.54, 1.807) is 31.4 Å². The predicted molar refractivity (Wildman–Crippen MR) is 117 cm³/mol. The van der Waals surface area contributed by atoms with E-state index in [1.807, 2.05) is 0 Å². The van der Waals surface area contributed by atoms with Gasteiger partial charge in [-0.15, -0.1) is 5.10 Å². The Morgan fingerprint density at radius 3 is 2.77 bits per heavy atom. The molecular weight excluding hydrogens is 398 g/mol. The van der Waals surface area contributed by atoms with E-state index in [0.717, 1.165) is 31.6 Å². The van der Waals surface area contributed by atoms with Crippen LogP contribution in [0.1, 0.15) is 30.1 Å². The number of nitrogens with one attached hydrogen (secondary N) is 3. The van der Waals surface area contributed by atoms with Crippen LogP contribution in [0.5, 0.6) is 5.75 Å². The molecule has 3 aromatic rings. The summed E-state index contributed by atoms with van der Waals surface area (Å²) in [6.45, 7) is 3.40. The molecule has 0 bridgehead atoms. The number of nitrogens with zero attached hydrogens (tertiary/aromatic N) is 5. The molecule has 1 aliphatic heterocycles. The number of aromatic nitrogens is 5. The quantitative estimate of drug-likeness (QED) is 0.415. The normalized spacial score (nSPS) is 16.0. The van der Waals surface area contributed by atoms with Gasteiger partial charge in [-0.2, -0.15) is 9.67 Å². The number of Topliss-reactive ketones (excluding diaryl/α,β-unsaturated/α-hetero) is 1. The fourth-order valence-electron chi connectivity index (χ4n) is 3.42. The van der Waals surface area contributed by atoms with E-state index in [1.165, 1.54) is 17.9 Å². The largest absolute Gasteiger partial charge is 0.490 e. The second-order valence-electron chi connectivity index (χ2n) is 7.23. The Labute approximate surface area is 179 Å². The van der Waals surface area contributed by atoms with E-state index in [4.69, 9.17) is 10.5 Å². The monoisotopic (exact) mass is 423 g/mol. The molecule has 0 spiro atoms. The van der Waals surface area contributed by atoms with Crippen LogP contribution in [0.25, 0.3) is 5.82 Å². The van der Waals surface area contributed by atoms with Crippen molar-refractivity contribution in [3.05, 3.63) is 36.2 Å². The fraction of sp³-hybridized carbons (Fsp3) is 0.350. The van der Waals surface area contributed by atoms with Crippen molar-refractivity contribution in [1.82, 2.24) is 30.0 Å². The molecule has 11 nitrogen and oxygen atoms in total. The minimum absolute atomic E-state index is 0.00229. The highest BCUT2D eigenvalue weighted by Gasteiger charge is 2.21. The highest BCUT2D eigenvalue weighted by atomic mass is 16.5. The van der Waals surface area contributed by atoms with Crippen LogP contribution in [0, 0.1) is 0 Å². The molecular formula is C20H25N9O2. The maximum Gasteiger partial charge on any atom is 0.248 e. The van der Waals surface area contributed by atoms with Crippen molar-refractivity contribution in [2.75, 3.05) is 36.6 Å². The lowest BCUT2D eigenvalue weighted by atomic mass is 10.1. The Kier molecular flexibility index (Phi) is 5.94. The summed E-state index contributed by atoms with van der Waals surface area (Å²) in [6, 6.07) is 7.26. The van der Waals surface area contributed by atoms with Crippen LogP contribution in [-0.4, -0.2) is 56.8 Å². The first kappa shape index (κ1) is 20.5. The lowest BCUT2D eigenvalue weighted by Crippen LogP contribution is -2.38. The van der Waals surface area contributed by atoms with Gasteiger partial charge in [0.2, 0.25) is 23.5 Å². The van der Waals surface area contributed by atoms with Gasteiger partial charge in [-0.1, -0.05) is 0 Å². The van der Waals surface area contributed by atoms with E-state index >= 15 is 0 Å². The van der Waals surface area contributed by atoms with Crippen LogP contribution in [-0.2, 0) is 0 Å².